The van der Waals surface area contributed by atoms with Gasteiger partial charge >= 0.3 is 0 Å². The summed E-state index contributed by atoms with van der Waals surface area (Å²) in [5, 5.41) is 9.59. The van der Waals surface area contributed by atoms with Crippen molar-refractivity contribution in [2.75, 3.05) is 0 Å². The summed E-state index contributed by atoms with van der Waals surface area (Å²) in [4.78, 5) is 0. The molecule has 2 nitrogen and oxygen atoms in total. The normalized spacial score (nSPS) is 15.2. The zero-order chi connectivity index (χ0) is 8.97. The van der Waals surface area contributed by atoms with E-state index < -0.39 is 12.1 Å². The Hall–Kier alpha value is -1.12. The predicted molar refractivity (Wildman–Crippen MR) is 49.6 cm³/mol. The standard InChI is InChI=1S/C10H13NO/c1-2-9(11)10(12)8-6-4-3-5-7-8/h2-7,9-10,12H,1,11H2/t9-,10-/m1/s1. The highest BCUT2D eigenvalue weighted by Crippen LogP contribution is 2.14. The van der Waals surface area contributed by atoms with Crippen molar-refractivity contribution in [3.8, 4) is 0 Å². The predicted octanol–water partition coefficient (Wildman–Crippen LogP) is 1.23. The van der Waals surface area contributed by atoms with Gasteiger partial charge in [0, 0.05) is 0 Å². The van der Waals surface area contributed by atoms with E-state index in [0.717, 1.165) is 5.56 Å². The number of hydrogen-bond donors (Lipinski definition) is 2. The molecule has 0 unspecified atom stereocenters. The molecule has 0 aliphatic carbocycles. The molecule has 2 heteroatoms. The summed E-state index contributed by atoms with van der Waals surface area (Å²) >= 11 is 0. The van der Waals surface area contributed by atoms with E-state index >= 15 is 0 Å². The van der Waals surface area contributed by atoms with Crippen LogP contribution in [0.4, 0.5) is 0 Å². The molecule has 0 aliphatic heterocycles. The summed E-state index contributed by atoms with van der Waals surface area (Å²) in [6.45, 7) is 3.52. The van der Waals surface area contributed by atoms with Gasteiger partial charge in [0.05, 0.1) is 12.1 Å². The van der Waals surface area contributed by atoms with Crippen molar-refractivity contribution in [2.45, 2.75) is 12.1 Å². The molecule has 1 rings (SSSR count). The Balaban J connectivity index is 2.78. The summed E-state index contributed by atoms with van der Waals surface area (Å²) < 4.78 is 0. The number of aliphatic hydroxyl groups excluding tert-OH is 1. The Morgan fingerprint density at radius 3 is 2.42 bits per heavy atom. The third-order valence-corrected chi connectivity index (χ3v) is 1.78. The lowest BCUT2D eigenvalue weighted by Crippen LogP contribution is -2.25. The average molecular weight is 163 g/mol. The summed E-state index contributed by atoms with van der Waals surface area (Å²) in [5.41, 5.74) is 6.40. The highest BCUT2D eigenvalue weighted by Gasteiger charge is 2.12. The molecular formula is C10H13NO. The Labute approximate surface area is 72.3 Å². The van der Waals surface area contributed by atoms with E-state index in [1.165, 1.54) is 6.08 Å². The molecule has 0 spiro atoms. The van der Waals surface area contributed by atoms with E-state index in [1.807, 2.05) is 30.3 Å². The Morgan fingerprint density at radius 1 is 1.33 bits per heavy atom. The molecule has 1 aromatic rings. The summed E-state index contributed by atoms with van der Waals surface area (Å²) in [5.74, 6) is 0. The molecule has 0 saturated heterocycles. The Bertz CT molecular complexity index is 245. The van der Waals surface area contributed by atoms with Crippen LogP contribution >= 0.6 is 0 Å². The van der Waals surface area contributed by atoms with E-state index in [4.69, 9.17) is 5.73 Å². The number of aliphatic hydroxyl groups is 1. The number of rotatable bonds is 3. The Morgan fingerprint density at radius 2 is 1.92 bits per heavy atom. The van der Waals surface area contributed by atoms with E-state index in [1.54, 1.807) is 0 Å². The fraction of sp³-hybridized carbons (Fsp3) is 0.200. The molecule has 12 heavy (non-hydrogen) atoms. The Kier molecular flexibility index (Phi) is 3.02. The fourth-order valence-electron chi connectivity index (χ4n) is 1.00. The van der Waals surface area contributed by atoms with Gasteiger partial charge in [-0.25, -0.2) is 0 Å². The lowest BCUT2D eigenvalue weighted by atomic mass is 10.0. The van der Waals surface area contributed by atoms with Gasteiger partial charge in [-0.3, -0.25) is 0 Å². The van der Waals surface area contributed by atoms with Gasteiger partial charge in [-0.15, -0.1) is 6.58 Å². The van der Waals surface area contributed by atoms with Crippen LogP contribution in [-0.4, -0.2) is 11.1 Å². The molecule has 0 amide bonds. The highest BCUT2D eigenvalue weighted by atomic mass is 16.3. The molecule has 2 atom stereocenters. The van der Waals surface area contributed by atoms with Crippen molar-refractivity contribution < 1.29 is 5.11 Å². The van der Waals surface area contributed by atoms with Crippen molar-refractivity contribution in [3.05, 3.63) is 48.6 Å². The minimum absolute atomic E-state index is 0.396. The van der Waals surface area contributed by atoms with Crippen LogP contribution in [0.1, 0.15) is 11.7 Å². The van der Waals surface area contributed by atoms with Crippen LogP contribution in [0.3, 0.4) is 0 Å². The van der Waals surface area contributed by atoms with Gasteiger partial charge in [-0.05, 0) is 5.56 Å². The lowest BCUT2D eigenvalue weighted by molar-refractivity contribution is 0.163. The topological polar surface area (TPSA) is 46.2 Å². The molecule has 0 aromatic heterocycles. The molecular weight excluding hydrogens is 150 g/mol. The van der Waals surface area contributed by atoms with Gasteiger partial charge in [-0.2, -0.15) is 0 Å². The molecule has 64 valence electrons. The highest BCUT2D eigenvalue weighted by molar-refractivity contribution is 5.19. The molecule has 0 heterocycles. The second-order valence-electron chi connectivity index (χ2n) is 2.67. The van der Waals surface area contributed by atoms with Crippen molar-refractivity contribution in [1.29, 1.82) is 0 Å². The first-order valence-corrected chi connectivity index (χ1v) is 3.87. The third-order valence-electron chi connectivity index (χ3n) is 1.78. The van der Waals surface area contributed by atoms with E-state index in [0.29, 0.717) is 0 Å². The minimum atomic E-state index is -0.649. The quantitative estimate of drug-likeness (QED) is 0.658. The molecule has 0 fully saturated rings. The second kappa shape index (κ2) is 4.04. The van der Waals surface area contributed by atoms with E-state index in [-0.39, 0.29) is 0 Å². The van der Waals surface area contributed by atoms with Crippen LogP contribution in [0.25, 0.3) is 0 Å². The maximum atomic E-state index is 9.59. The van der Waals surface area contributed by atoms with Gasteiger partial charge in [0.15, 0.2) is 0 Å². The van der Waals surface area contributed by atoms with Gasteiger partial charge in [0.25, 0.3) is 0 Å². The average Bonchev–Trinajstić information content (AvgIpc) is 2.17. The van der Waals surface area contributed by atoms with Crippen molar-refractivity contribution in [2.24, 2.45) is 5.73 Å². The molecule has 3 N–H and O–H groups in total. The van der Waals surface area contributed by atoms with Crippen molar-refractivity contribution in [3.63, 3.8) is 0 Å². The SMILES string of the molecule is C=C[C@@H](N)[C@H](O)c1ccccc1. The fourth-order valence-corrected chi connectivity index (χ4v) is 1.00. The minimum Gasteiger partial charge on any atom is -0.386 e. The smallest absolute Gasteiger partial charge is 0.0976 e. The molecule has 0 radical (unpaired) electrons. The molecule has 0 saturated carbocycles. The first kappa shape index (κ1) is 8.97. The molecule has 0 bridgehead atoms. The van der Waals surface area contributed by atoms with Gasteiger partial charge in [0.1, 0.15) is 0 Å². The summed E-state index contributed by atoms with van der Waals surface area (Å²) in [7, 11) is 0. The number of benzene rings is 1. The summed E-state index contributed by atoms with van der Waals surface area (Å²) in [6, 6.07) is 8.92. The zero-order valence-electron chi connectivity index (χ0n) is 6.85. The lowest BCUT2D eigenvalue weighted by Gasteiger charge is -2.14. The number of nitrogens with two attached hydrogens (primary N) is 1. The van der Waals surface area contributed by atoms with Crippen molar-refractivity contribution in [1.82, 2.24) is 0 Å². The zero-order valence-corrected chi connectivity index (χ0v) is 6.85. The van der Waals surface area contributed by atoms with Crippen LogP contribution < -0.4 is 5.73 Å². The number of hydrogen-bond acceptors (Lipinski definition) is 2. The monoisotopic (exact) mass is 163 g/mol. The second-order valence-corrected chi connectivity index (χ2v) is 2.67. The van der Waals surface area contributed by atoms with Crippen LogP contribution in [0, 0.1) is 0 Å². The van der Waals surface area contributed by atoms with Crippen LogP contribution in [0.5, 0.6) is 0 Å². The van der Waals surface area contributed by atoms with E-state index in [2.05, 4.69) is 6.58 Å². The van der Waals surface area contributed by atoms with Gasteiger partial charge in [0.2, 0.25) is 0 Å². The third kappa shape index (κ3) is 1.94. The maximum absolute atomic E-state index is 9.59. The van der Waals surface area contributed by atoms with Crippen LogP contribution in [0.2, 0.25) is 0 Å². The maximum Gasteiger partial charge on any atom is 0.0976 e. The largest absolute Gasteiger partial charge is 0.386 e. The van der Waals surface area contributed by atoms with Crippen LogP contribution in [0.15, 0.2) is 43.0 Å². The van der Waals surface area contributed by atoms with Gasteiger partial charge < -0.3 is 10.8 Å². The van der Waals surface area contributed by atoms with E-state index in [9.17, 15) is 5.11 Å². The molecule has 0 aliphatic rings. The first-order valence-electron chi connectivity index (χ1n) is 3.87. The molecule has 1 aromatic carbocycles. The van der Waals surface area contributed by atoms with Crippen molar-refractivity contribution >= 4 is 0 Å². The van der Waals surface area contributed by atoms with Crippen LogP contribution in [-0.2, 0) is 0 Å². The van der Waals surface area contributed by atoms with Gasteiger partial charge in [-0.1, -0.05) is 36.4 Å². The first-order chi connectivity index (χ1) is 5.75. The summed E-state index contributed by atoms with van der Waals surface area (Å²) in [6.07, 6.45) is 0.890.